The number of para-hydroxylation sites is 2. The van der Waals surface area contributed by atoms with Crippen LogP contribution in [0, 0.1) is 6.92 Å². The van der Waals surface area contributed by atoms with Crippen LogP contribution >= 0.6 is 11.6 Å². The number of aromatic hydroxyl groups is 1. The molecule has 0 aliphatic carbocycles. The van der Waals surface area contributed by atoms with E-state index in [1.54, 1.807) is 17.0 Å². The molecule has 1 aromatic heterocycles. The monoisotopic (exact) mass is 661 g/mol. The largest absolute Gasteiger partial charge is 0.508 e. The van der Waals surface area contributed by atoms with Crippen LogP contribution in [0.2, 0.25) is 5.02 Å². The molecule has 0 saturated carbocycles. The molecule has 3 aromatic carbocycles. The average Bonchev–Trinajstić information content (AvgIpc) is 3.49. The molecule has 0 unspecified atom stereocenters. The van der Waals surface area contributed by atoms with E-state index in [0.717, 1.165) is 55.6 Å². The van der Waals surface area contributed by atoms with Crippen LogP contribution in [0.25, 0.3) is 11.0 Å². The summed E-state index contributed by atoms with van der Waals surface area (Å²) in [6.07, 6.45) is 7.04. The van der Waals surface area contributed by atoms with Crippen LogP contribution < -0.4 is 5.14 Å². The first kappa shape index (κ1) is 31.2. The van der Waals surface area contributed by atoms with E-state index in [1.165, 1.54) is 30.5 Å². The van der Waals surface area contributed by atoms with Gasteiger partial charge >= 0.3 is 0 Å². The highest BCUT2D eigenvalue weighted by Gasteiger charge is 2.44. The van der Waals surface area contributed by atoms with Crippen molar-refractivity contribution in [2.24, 2.45) is 5.14 Å². The lowest BCUT2D eigenvalue weighted by Crippen LogP contribution is -2.49. The zero-order valence-corrected chi connectivity index (χ0v) is 27.6. The number of imidazole rings is 1. The minimum atomic E-state index is -4.06. The summed E-state index contributed by atoms with van der Waals surface area (Å²) < 4.78 is 26.5. The molecule has 0 radical (unpaired) electrons. The van der Waals surface area contributed by atoms with Gasteiger partial charge in [0, 0.05) is 42.2 Å². The predicted octanol–water partition coefficient (Wildman–Crippen LogP) is 5.78. The molecule has 3 aliphatic heterocycles. The van der Waals surface area contributed by atoms with E-state index in [9.17, 15) is 18.3 Å². The minimum absolute atomic E-state index is 0.00731. The van der Waals surface area contributed by atoms with Crippen LogP contribution in [0.1, 0.15) is 72.7 Å². The second kappa shape index (κ2) is 12.0. The third-order valence-corrected chi connectivity index (χ3v) is 12.2. The number of piperidine rings is 2. The number of amides is 1. The molecule has 4 heterocycles. The lowest BCUT2D eigenvalue weighted by Gasteiger charge is -2.45. The van der Waals surface area contributed by atoms with Crippen LogP contribution in [-0.2, 0) is 15.4 Å². The molecule has 2 bridgehead atoms. The fraction of sp³-hybridized carbons (Fsp3) is 0.429. The maximum Gasteiger partial charge on any atom is 0.253 e. The Bertz CT molecular complexity index is 1890. The number of phenolic OH excluding ortho intramolecular Hbond substituents is 1. The van der Waals surface area contributed by atoms with Gasteiger partial charge in [0.05, 0.1) is 16.1 Å². The normalized spacial score (nSPS) is 23.2. The number of likely N-dealkylation sites (tertiary alicyclic amines) is 1. The number of carbonyl (C=O) groups is 1. The number of nitrogens with zero attached hydrogens (tertiary/aromatic N) is 4. The van der Waals surface area contributed by atoms with Crippen LogP contribution in [0.3, 0.4) is 0 Å². The standard InChI is InChI=1S/C35H40ClN5O4S/c1-23-38-31-7-2-3-8-32(31)41(23)28-21-26-10-11-27(22-28)40(26)18-15-35(25-5-4-6-29(42)20-25)13-16-39(17-14-35)34(43)24-9-12-30(36)33(19-24)46(37,44)45/h2-9,12,19-20,26-28,42H,10-11,13-18,21-22H2,1H3,(H2,37,44,45)/t26-,27+,28+. The Morgan fingerprint density at radius 2 is 1.72 bits per heavy atom. The fourth-order valence-corrected chi connectivity index (χ4v) is 9.56. The molecule has 9 nitrogen and oxygen atoms in total. The van der Waals surface area contributed by atoms with E-state index >= 15 is 0 Å². The number of rotatable bonds is 7. The molecule has 3 aliphatic rings. The molecule has 3 atom stereocenters. The number of sulfonamides is 1. The SMILES string of the molecule is Cc1nc2ccccc2n1[C@H]1C[C@H]2CC[C@@H](C1)N2CCC1(c2cccc(O)c2)CCN(C(=O)c2ccc(Cl)c(S(N)(=O)=O)c2)CC1. The Kier molecular flexibility index (Phi) is 8.12. The maximum absolute atomic E-state index is 13.5. The fourth-order valence-electron chi connectivity index (χ4n) is 8.48. The summed E-state index contributed by atoms with van der Waals surface area (Å²) in [6.45, 7) is 4.12. The summed E-state index contributed by atoms with van der Waals surface area (Å²) in [4.78, 5) is 22.6. The van der Waals surface area contributed by atoms with Crippen LogP contribution in [-0.4, -0.2) is 70.5 Å². The van der Waals surface area contributed by atoms with Crippen LogP contribution in [0.4, 0.5) is 0 Å². The third kappa shape index (κ3) is 5.70. The van der Waals surface area contributed by atoms with E-state index in [2.05, 4.69) is 46.7 Å². The predicted molar refractivity (Wildman–Crippen MR) is 179 cm³/mol. The van der Waals surface area contributed by atoms with Gasteiger partial charge in [-0.2, -0.15) is 0 Å². The molecule has 4 aromatic rings. The van der Waals surface area contributed by atoms with Crippen molar-refractivity contribution in [1.29, 1.82) is 0 Å². The second-order valence-corrected chi connectivity index (χ2v) is 15.3. The van der Waals surface area contributed by atoms with Gasteiger partial charge in [0.2, 0.25) is 10.0 Å². The van der Waals surface area contributed by atoms with Gasteiger partial charge in [0.15, 0.2) is 0 Å². The van der Waals surface area contributed by atoms with Gasteiger partial charge in [-0.05, 0) is 106 Å². The zero-order valence-electron chi connectivity index (χ0n) is 26.0. The van der Waals surface area contributed by atoms with Gasteiger partial charge in [-0.3, -0.25) is 9.69 Å². The number of nitrogens with two attached hydrogens (primary N) is 1. The molecular weight excluding hydrogens is 622 g/mol. The van der Waals surface area contributed by atoms with E-state index in [1.807, 2.05) is 12.1 Å². The highest BCUT2D eigenvalue weighted by Crippen LogP contribution is 2.45. The lowest BCUT2D eigenvalue weighted by molar-refractivity contribution is 0.0606. The van der Waals surface area contributed by atoms with Gasteiger partial charge in [0.25, 0.3) is 5.91 Å². The summed E-state index contributed by atoms with van der Waals surface area (Å²) in [5.74, 6) is 1.09. The topological polar surface area (TPSA) is 122 Å². The van der Waals surface area contributed by atoms with Gasteiger partial charge in [0.1, 0.15) is 16.5 Å². The molecule has 3 N–H and O–H groups in total. The first-order valence-electron chi connectivity index (χ1n) is 16.1. The van der Waals surface area contributed by atoms with Crippen molar-refractivity contribution < 1.29 is 18.3 Å². The summed E-state index contributed by atoms with van der Waals surface area (Å²) in [5.41, 5.74) is 3.44. The van der Waals surface area contributed by atoms with E-state index in [-0.39, 0.29) is 32.6 Å². The van der Waals surface area contributed by atoms with Crippen molar-refractivity contribution in [3.8, 4) is 5.75 Å². The Morgan fingerprint density at radius 3 is 2.41 bits per heavy atom. The van der Waals surface area contributed by atoms with Crippen molar-refractivity contribution in [2.75, 3.05) is 19.6 Å². The van der Waals surface area contributed by atoms with Crippen molar-refractivity contribution in [2.45, 2.75) is 80.3 Å². The van der Waals surface area contributed by atoms with Gasteiger partial charge in [-0.15, -0.1) is 0 Å². The quantitative estimate of drug-likeness (QED) is 0.259. The van der Waals surface area contributed by atoms with Crippen molar-refractivity contribution >= 4 is 38.6 Å². The number of phenols is 1. The molecule has 242 valence electrons. The molecule has 3 saturated heterocycles. The number of carbonyl (C=O) groups excluding carboxylic acids is 1. The first-order chi connectivity index (χ1) is 22.0. The van der Waals surface area contributed by atoms with E-state index < -0.39 is 10.0 Å². The summed E-state index contributed by atoms with van der Waals surface area (Å²) >= 11 is 6.06. The third-order valence-electron chi connectivity index (χ3n) is 10.8. The summed E-state index contributed by atoms with van der Waals surface area (Å²) in [6, 6.07) is 21.7. The highest BCUT2D eigenvalue weighted by molar-refractivity contribution is 7.89. The second-order valence-electron chi connectivity index (χ2n) is 13.3. The first-order valence-corrected chi connectivity index (χ1v) is 18.1. The van der Waals surface area contributed by atoms with Crippen molar-refractivity contribution in [3.63, 3.8) is 0 Å². The lowest BCUT2D eigenvalue weighted by atomic mass is 9.70. The van der Waals surface area contributed by atoms with Crippen molar-refractivity contribution in [1.82, 2.24) is 19.4 Å². The number of hydrogen-bond acceptors (Lipinski definition) is 6. The summed E-state index contributed by atoms with van der Waals surface area (Å²) in [5, 5.41) is 15.8. The number of fused-ring (bicyclic) bond motifs is 3. The number of aryl methyl sites for hydroxylation is 1. The van der Waals surface area contributed by atoms with E-state index in [0.29, 0.717) is 31.2 Å². The number of benzene rings is 3. The number of hydrogen-bond donors (Lipinski definition) is 2. The Hall–Kier alpha value is -3.44. The van der Waals surface area contributed by atoms with Crippen LogP contribution in [0.15, 0.2) is 71.6 Å². The van der Waals surface area contributed by atoms with Crippen LogP contribution in [0.5, 0.6) is 5.75 Å². The van der Waals surface area contributed by atoms with Gasteiger partial charge in [-0.1, -0.05) is 35.9 Å². The Labute approximate surface area is 275 Å². The zero-order chi connectivity index (χ0) is 32.2. The smallest absolute Gasteiger partial charge is 0.253 e. The number of halogens is 1. The molecule has 3 fully saturated rings. The molecule has 0 spiro atoms. The molecular formula is C35H40ClN5O4S. The van der Waals surface area contributed by atoms with Gasteiger partial charge < -0.3 is 14.6 Å². The maximum atomic E-state index is 13.5. The number of aromatic nitrogens is 2. The van der Waals surface area contributed by atoms with Gasteiger partial charge in [-0.25, -0.2) is 18.5 Å². The Morgan fingerprint density at radius 1 is 1.00 bits per heavy atom. The molecule has 11 heteroatoms. The van der Waals surface area contributed by atoms with E-state index in [4.69, 9.17) is 21.7 Å². The molecule has 46 heavy (non-hydrogen) atoms. The average molecular weight is 662 g/mol. The highest BCUT2D eigenvalue weighted by atomic mass is 35.5. The molecule has 1 amide bonds. The Balaban J connectivity index is 1.08. The minimum Gasteiger partial charge on any atom is -0.508 e. The number of primary sulfonamides is 1. The van der Waals surface area contributed by atoms with Crippen molar-refractivity contribution in [3.05, 3.63) is 88.7 Å². The molecule has 7 rings (SSSR count). The summed E-state index contributed by atoms with van der Waals surface area (Å²) in [7, 11) is -4.06.